The Balaban J connectivity index is 2.16. The van der Waals surface area contributed by atoms with Crippen LogP contribution in [0.5, 0.6) is 0 Å². The van der Waals surface area contributed by atoms with Crippen LogP contribution in [-0.4, -0.2) is 25.2 Å². The van der Waals surface area contributed by atoms with Gasteiger partial charge < -0.3 is 9.47 Å². The summed E-state index contributed by atoms with van der Waals surface area (Å²) in [4.78, 5) is 24.0. The summed E-state index contributed by atoms with van der Waals surface area (Å²) < 4.78 is 10.2. The van der Waals surface area contributed by atoms with Gasteiger partial charge in [0.2, 0.25) is 0 Å². The van der Waals surface area contributed by atoms with Crippen molar-refractivity contribution in [1.82, 2.24) is 0 Å². The van der Waals surface area contributed by atoms with E-state index in [1.165, 1.54) is 5.57 Å². The Bertz CT molecular complexity index is 383. The van der Waals surface area contributed by atoms with E-state index in [0.717, 1.165) is 24.8 Å². The van der Waals surface area contributed by atoms with Crippen molar-refractivity contribution in [2.45, 2.75) is 39.5 Å². The third kappa shape index (κ3) is 2.28. The van der Waals surface area contributed by atoms with Gasteiger partial charge in [-0.2, -0.15) is 0 Å². The lowest BCUT2D eigenvalue weighted by Gasteiger charge is -2.20. The minimum atomic E-state index is -0.388. The summed E-state index contributed by atoms with van der Waals surface area (Å²) in [6.45, 7) is 4.28. The second kappa shape index (κ2) is 5.55. The molecule has 0 aromatic carbocycles. The maximum Gasteiger partial charge on any atom is 0.313 e. The van der Waals surface area contributed by atoms with Gasteiger partial charge in [0.25, 0.3) is 0 Å². The number of allylic oxidation sites excluding steroid dienone is 1. The first-order valence-corrected chi connectivity index (χ1v) is 6.73. The smallest absolute Gasteiger partial charge is 0.313 e. The molecule has 0 N–H and O–H groups in total. The summed E-state index contributed by atoms with van der Waals surface area (Å²) in [5.74, 6) is -1.26. The van der Waals surface area contributed by atoms with E-state index in [-0.39, 0.29) is 23.8 Å². The Morgan fingerprint density at radius 1 is 1.11 bits per heavy atom. The number of carbonyl (C=O) groups is 2. The molecule has 0 spiro atoms. The molecule has 0 radical (unpaired) electrons. The van der Waals surface area contributed by atoms with Crippen LogP contribution in [0.25, 0.3) is 0 Å². The van der Waals surface area contributed by atoms with Gasteiger partial charge >= 0.3 is 11.9 Å². The van der Waals surface area contributed by atoms with Crippen LogP contribution in [0.1, 0.15) is 39.5 Å². The van der Waals surface area contributed by atoms with Gasteiger partial charge in [0, 0.05) is 0 Å². The van der Waals surface area contributed by atoms with Gasteiger partial charge in [0.15, 0.2) is 0 Å². The molecule has 0 fully saturated rings. The normalized spacial score (nSPS) is 26.1. The van der Waals surface area contributed by atoms with Gasteiger partial charge in [0.1, 0.15) is 0 Å². The summed E-state index contributed by atoms with van der Waals surface area (Å²) in [6.07, 6.45) is 3.71. The van der Waals surface area contributed by atoms with Crippen molar-refractivity contribution < 1.29 is 19.1 Å². The predicted octanol–water partition coefficient (Wildman–Crippen LogP) is 2.23. The van der Waals surface area contributed by atoms with Crippen molar-refractivity contribution in [3.63, 3.8) is 0 Å². The Hall–Kier alpha value is -1.32. The molecular weight excluding hydrogens is 232 g/mol. The molecule has 4 nitrogen and oxygen atoms in total. The Morgan fingerprint density at radius 2 is 1.78 bits per heavy atom. The molecule has 0 aliphatic heterocycles. The fraction of sp³-hybridized carbons (Fsp3) is 0.714. The van der Waals surface area contributed by atoms with Crippen LogP contribution in [0.2, 0.25) is 0 Å². The average molecular weight is 252 g/mol. The summed E-state index contributed by atoms with van der Waals surface area (Å²) in [5, 5.41) is 0. The molecule has 0 aromatic rings. The van der Waals surface area contributed by atoms with Crippen LogP contribution in [-0.2, 0) is 19.1 Å². The van der Waals surface area contributed by atoms with E-state index in [4.69, 9.17) is 9.47 Å². The summed E-state index contributed by atoms with van der Waals surface area (Å²) in [6, 6.07) is 0. The van der Waals surface area contributed by atoms with Crippen molar-refractivity contribution in [3.05, 3.63) is 11.1 Å². The molecule has 0 saturated carbocycles. The zero-order valence-corrected chi connectivity index (χ0v) is 11.0. The van der Waals surface area contributed by atoms with Crippen LogP contribution < -0.4 is 0 Å². The van der Waals surface area contributed by atoms with E-state index >= 15 is 0 Å². The average Bonchev–Trinajstić information content (AvgIpc) is 2.88. The van der Waals surface area contributed by atoms with Crippen molar-refractivity contribution in [2.75, 3.05) is 13.2 Å². The van der Waals surface area contributed by atoms with Crippen molar-refractivity contribution in [3.8, 4) is 0 Å². The molecule has 0 bridgehead atoms. The van der Waals surface area contributed by atoms with E-state index in [1.807, 2.05) is 0 Å². The number of hydrogen-bond donors (Lipinski definition) is 0. The molecule has 2 aliphatic rings. The number of ether oxygens (including phenoxy) is 2. The van der Waals surface area contributed by atoms with Gasteiger partial charge in [-0.15, -0.1) is 0 Å². The van der Waals surface area contributed by atoms with E-state index < -0.39 is 0 Å². The highest BCUT2D eigenvalue weighted by molar-refractivity contribution is 5.86. The molecule has 2 atom stereocenters. The van der Waals surface area contributed by atoms with E-state index in [9.17, 15) is 9.59 Å². The zero-order valence-electron chi connectivity index (χ0n) is 11.0. The number of carbonyl (C=O) groups excluding carboxylic acids is 2. The molecule has 100 valence electrons. The Labute approximate surface area is 107 Å². The maximum absolute atomic E-state index is 12.0. The summed E-state index contributed by atoms with van der Waals surface area (Å²) >= 11 is 0. The van der Waals surface area contributed by atoms with Crippen LogP contribution in [0, 0.1) is 11.8 Å². The van der Waals surface area contributed by atoms with E-state index in [2.05, 4.69) is 0 Å². The molecule has 18 heavy (non-hydrogen) atoms. The van der Waals surface area contributed by atoms with Crippen LogP contribution in [0.15, 0.2) is 11.1 Å². The van der Waals surface area contributed by atoms with Gasteiger partial charge in [0.05, 0.1) is 25.0 Å². The van der Waals surface area contributed by atoms with Crippen molar-refractivity contribution in [1.29, 1.82) is 0 Å². The first-order chi connectivity index (χ1) is 8.69. The molecular formula is C14H20O4. The minimum Gasteiger partial charge on any atom is -0.466 e. The van der Waals surface area contributed by atoms with Gasteiger partial charge in [-0.1, -0.05) is 11.1 Å². The van der Waals surface area contributed by atoms with E-state index in [1.54, 1.807) is 13.8 Å². The monoisotopic (exact) mass is 252 g/mol. The lowest BCUT2D eigenvalue weighted by Crippen LogP contribution is -2.30. The van der Waals surface area contributed by atoms with Crippen molar-refractivity contribution >= 4 is 11.9 Å². The topological polar surface area (TPSA) is 52.6 Å². The third-order valence-electron chi connectivity index (χ3n) is 3.75. The van der Waals surface area contributed by atoms with Crippen LogP contribution >= 0.6 is 0 Å². The fourth-order valence-corrected chi connectivity index (χ4v) is 3.07. The van der Waals surface area contributed by atoms with Gasteiger partial charge in [-0.05, 0) is 39.5 Å². The molecule has 0 unspecified atom stereocenters. The summed E-state index contributed by atoms with van der Waals surface area (Å²) in [7, 11) is 0. The highest BCUT2D eigenvalue weighted by Crippen LogP contribution is 2.46. The first kappa shape index (κ1) is 13.1. The SMILES string of the molecule is CCOC(=O)[C@@H]1C2=C(CCC2)C[C@H]1C(=O)OCC. The Kier molecular flexibility index (Phi) is 4.04. The zero-order chi connectivity index (χ0) is 13.1. The van der Waals surface area contributed by atoms with Crippen molar-refractivity contribution in [2.24, 2.45) is 11.8 Å². The predicted molar refractivity (Wildman–Crippen MR) is 65.7 cm³/mol. The molecule has 2 aliphatic carbocycles. The van der Waals surface area contributed by atoms with Gasteiger partial charge in [-0.25, -0.2) is 0 Å². The fourth-order valence-electron chi connectivity index (χ4n) is 3.07. The van der Waals surface area contributed by atoms with Gasteiger partial charge in [-0.3, -0.25) is 9.59 Å². The second-order valence-electron chi connectivity index (χ2n) is 4.77. The molecule has 0 saturated heterocycles. The quantitative estimate of drug-likeness (QED) is 0.568. The molecule has 0 heterocycles. The minimum absolute atomic E-state index is 0.259. The first-order valence-electron chi connectivity index (χ1n) is 6.73. The third-order valence-corrected chi connectivity index (χ3v) is 3.75. The lowest BCUT2D eigenvalue weighted by molar-refractivity contribution is -0.158. The number of rotatable bonds is 4. The van der Waals surface area contributed by atoms with Crippen LogP contribution in [0.4, 0.5) is 0 Å². The second-order valence-corrected chi connectivity index (χ2v) is 4.77. The number of esters is 2. The molecule has 0 aromatic heterocycles. The number of hydrogen-bond acceptors (Lipinski definition) is 4. The highest BCUT2D eigenvalue weighted by Gasteiger charge is 2.45. The van der Waals surface area contributed by atoms with Crippen LogP contribution in [0.3, 0.4) is 0 Å². The highest BCUT2D eigenvalue weighted by atomic mass is 16.5. The summed E-state index contributed by atoms with van der Waals surface area (Å²) in [5.41, 5.74) is 2.43. The largest absolute Gasteiger partial charge is 0.466 e. The maximum atomic E-state index is 12.0. The molecule has 2 rings (SSSR count). The Morgan fingerprint density at radius 3 is 2.44 bits per heavy atom. The lowest BCUT2D eigenvalue weighted by atomic mass is 9.89. The molecule has 4 heteroatoms. The molecule has 0 amide bonds. The van der Waals surface area contributed by atoms with E-state index in [0.29, 0.717) is 19.6 Å². The standard InChI is InChI=1S/C14H20O4/c1-3-17-13(15)11-8-9-6-5-7-10(9)12(11)14(16)18-4-2/h11-12H,3-8H2,1-2H3/t11-,12-/m1/s1.